The van der Waals surface area contributed by atoms with Crippen molar-refractivity contribution in [1.29, 1.82) is 0 Å². The molecule has 0 radical (unpaired) electrons. The van der Waals surface area contributed by atoms with Crippen LogP contribution in [0.1, 0.15) is 23.9 Å². The molecule has 20 heavy (non-hydrogen) atoms. The molecule has 7 nitrogen and oxygen atoms in total. The molecule has 0 aliphatic heterocycles. The number of aromatic amines is 1. The maximum Gasteiger partial charge on any atom is 0.242 e. The summed E-state index contributed by atoms with van der Waals surface area (Å²) in [5, 5.41) is 15.8. The van der Waals surface area contributed by atoms with E-state index in [1.807, 2.05) is 13.8 Å². The minimum Gasteiger partial charge on any atom is -0.390 e. The quantitative estimate of drug-likeness (QED) is 0.723. The zero-order valence-electron chi connectivity index (χ0n) is 11.4. The summed E-state index contributed by atoms with van der Waals surface area (Å²) in [6, 6.07) is 1.48. The SMILES string of the molecule is CCn1cc(S(=O)(=O)NCc2cn[nH]c2C)cc1CO. The number of hydrogen-bond donors (Lipinski definition) is 3. The Morgan fingerprint density at radius 3 is 2.75 bits per heavy atom. The maximum atomic E-state index is 12.2. The first kappa shape index (κ1) is 14.8. The number of sulfonamides is 1. The Morgan fingerprint density at radius 1 is 1.50 bits per heavy atom. The second kappa shape index (κ2) is 5.78. The number of hydrogen-bond acceptors (Lipinski definition) is 4. The van der Waals surface area contributed by atoms with Gasteiger partial charge in [-0.1, -0.05) is 0 Å². The molecule has 0 saturated carbocycles. The number of aliphatic hydroxyl groups excluding tert-OH is 1. The van der Waals surface area contributed by atoms with Gasteiger partial charge in [0, 0.05) is 36.2 Å². The monoisotopic (exact) mass is 298 g/mol. The van der Waals surface area contributed by atoms with Gasteiger partial charge in [0.25, 0.3) is 0 Å². The van der Waals surface area contributed by atoms with Crippen LogP contribution in [0.3, 0.4) is 0 Å². The number of rotatable bonds is 6. The van der Waals surface area contributed by atoms with Gasteiger partial charge in [-0.15, -0.1) is 0 Å². The molecule has 0 bridgehead atoms. The molecular formula is C12H18N4O3S. The first-order valence-corrected chi connectivity index (χ1v) is 7.74. The lowest BCUT2D eigenvalue weighted by atomic mass is 10.3. The lowest BCUT2D eigenvalue weighted by molar-refractivity contribution is 0.271. The Kier molecular flexibility index (Phi) is 4.26. The van der Waals surface area contributed by atoms with Gasteiger partial charge in [0.1, 0.15) is 0 Å². The summed E-state index contributed by atoms with van der Waals surface area (Å²) in [5.74, 6) is 0. The van der Waals surface area contributed by atoms with Crippen LogP contribution in [-0.4, -0.2) is 28.3 Å². The topological polar surface area (TPSA) is 100 Å². The molecule has 2 aromatic heterocycles. The normalized spacial score (nSPS) is 11.9. The first-order chi connectivity index (χ1) is 9.47. The van der Waals surface area contributed by atoms with Crippen LogP contribution < -0.4 is 4.72 Å². The maximum absolute atomic E-state index is 12.2. The number of nitrogens with one attached hydrogen (secondary N) is 2. The van der Waals surface area contributed by atoms with E-state index in [1.54, 1.807) is 10.8 Å². The predicted octanol–water partition coefficient (Wildman–Crippen LogP) is 0.510. The molecule has 2 rings (SSSR count). The Hall–Kier alpha value is -1.64. The largest absolute Gasteiger partial charge is 0.390 e. The van der Waals surface area contributed by atoms with Crippen LogP contribution in [-0.2, 0) is 29.7 Å². The van der Waals surface area contributed by atoms with Crippen molar-refractivity contribution >= 4 is 10.0 Å². The fraction of sp³-hybridized carbons (Fsp3) is 0.417. The molecule has 2 heterocycles. The molecule has 0 spiro atoms. The van der Waals surface area contributed by atoms with E-state index in [1.165, 1.54) is 12.3 Å². The van der Waals surface area contributed by atoms with Gasteiger partial charge in [0.15, 0.2) is 0 Å². The highest BCUT2D eigenvalue weighted by Crippen LogP contribution is 2.15. The van der Waals surface area contributed by atoms with Crippen molar-refractivity contribution in [3.8, 4) is 0 Å². The molecule has 0 amide bonds. The Morgan fingerprint density at radius 2 is 2.25 bits per heavy atom. The average molecular weight is 298 g/mol. The molecule has 0 aliphatic rings. The summed E-state index contributed by atoms with van der Waals surface area (Å²) in [6.07, 6.45) is 3.12. The molecule has 0 saturated heterocycles. The van der Waals surface area contributed by atoms with Crippen molar-refractivity contribution in [1.82, 2.24) is 19.5 Å². The van der Waals surface area contributed by atoms with E-state index < -0.39 is 10.0 Å². The van der Waals surface area contributed by atoms with E-state index in [0.29, 0.717) is 12.2 Å². The van der Waals surface area contributed by atoms with Gasteiger partial charge in [0.05, 0.1) is 17.7 Å². The fourth-order valence-corrected chi connectivity index (χ4v) is 2.98. The highest BCUT2D eigenvalue weighted by atomic mass is 32.2. The van der Waals surface area contributed by atoms with Crippen molar-refractivity contribution in [2.24, 2.45) is 0 Å². The lowest BCUT2D eigenvalue weighted by Gasteiger charge is -2.04. The molecule has 0 aromatic carbocycles. The van der Waals surface area contributed by atoms with Crippen LogP contribution in [0.4, 0.5) is 0 Å². The Bertz CT molecular complexity index is 666. The number of aliphatic hydroxyl groups is 1. The van der Waals surface area contributed by atoms with E-state index in [2.05, 4.69) is 14.9 Å². The highest BCUT2D eigenvalue weighted by Gasteiger charge is 2.18. The van der Waals surface area contributed by atoms with E-state index in [0.717, 1.165) is 11.3 Å². The zero-order chi connectivity index (χ0) is 14.8. The van der Waals surface area contributed by atoms with Crippen LogP contribution >= 0.6 is 0 Å². The molecular weight excluding hydrogens is 280 g/mol. The molecule has 8 heteroatoms. The van der Waals surface area contributed by atoms with Crippen LogP contribution in [0.25, 0.3) is 0 Å². The van der Waals surface area contributed by atoms with Crippen LogP contribution in [0, 0.1) is 6.92 Å². The van der Waals surface area contributed by atoms with Gasteiger partial charge in [0.2, 0.25) is 10.0 Å². The third-order valence-corrected chi connectivity index (χ3v) is 4.53. The van der Waals surface area contributed by atoms with Gasteiger partial charge in [-0.3, -0.25) is 5.10 Å². The number of aromatic nitrogens is 3. The third-order valence-electron chi connectivity index (χ3n) is 3.16. The predicted molar refractivity (Wildman–Crippen MR) is 73.4 cm³/mol. The molecule has 110 valence electrons. The summed E-state index contributed by atoms with van der Waals surface area (Å²) >= 11 is 0. The summed E-state index contributed by atoms with van der Waals surface area (Å²) in [6.45, 7) is 4.30. The summed E-state index contributed by atoms with van der Waals surface area (Å²) in [5.41, 5.74) is 2.20. The Balaban J connectivity index is 2.18. The standard InChI is InChI=1S/C12H18N4O3S/c1-3-16-7-12(4-11(16)8-17)20(18,19)14-6-10-5-13-15-9(10)2/h4-5,7,14,17H,3,6,8H2,1-2H3,(H,13,15). The number of H-pyrrole nitrogens is 1. The smallest absolute Gasteiger partial charge is 0.242 e. The molecule has 0 atom stereocenters. The molecule has 0 aliphatic carbocycles. The number of aryl methyl sites for hydroxylation is 2. The van der Waals surface area contributed by atoms with Crippen molar-refractivity contribution in [2.75, 3.05) is 0 Å². The molecule has 0 fully saturated rings. The minimum absolute atomic E-state index is 0.157. The first-order valence-electron chi connectivity index (χ1n) is 6.26. The molecule has 3 N–H and O–H groups in total. The van der Waals surface area contributed by atoms with Crippen molar-refractivity contribution < 1.29 is 13.5 Å². The molecule has 2 aromatic rings. The summed E-state index contributed by atoms with van der Waals surface area (Å²) in [7, 11) is -3.60. The van der Waals surface area contributed by atoms with Crippen molar-refractivity contribution in [2.45, 2.75) is 38.4 Å². The van der Waals surface area contributed by atoms with Gasteiger partial charge in [-0.05, 0) is 19.9 Å². The fourth-order valence-electron chi connectivity index (χ4n) is 1.91. The molecule has 0 unspecified atom stereocenters. The third kappa shape index (κ3) is 2.92. The second-order valence-corrected chi connectivity index (χ2v) is 6.22. The second-order valence-electron chi connectivity index (χ2n) is 4.46. The van der Waals surface area contributed by atoms with Gasteiger partial charge in [-0.25, -0.2) is 13.1 Å². The Labute approximate surface area is 117 Å². The lowest BCUT2D eigenvalue weighted by Crippen LogP contribution is -2.23. The van der Waals surface area contributed by atoms with Gasteiger partial charge >= 0.3 is 0 Å². The van der Waals surface area contributed by atoms with Gasteiger partial charge < -0.3 is 9.67 Å². The average Bonchev–Trinajstić information content (AvgIpc) is 3.02. The van der Waals surface area contributed by atoms with Gasteiger partial charge in [-0.2, -0.15) is 5.10 Å². The zero-order valence-corrected chi connectivity index (χ0v) is 12.2. The van der Waals surface area contributed by atoms with Crippen LogP contribution in [0.2, 0.25) is 0 Å². The van der Waals surface area contributed by atoms with Crippen LogP contribution in [0.15, 0.2) is 23.4 Å². The van der Waals surface area contributed by atoms with E-state index in [-0.39, 0.29) is 18.0 Å². The number of nitrogens with zero attached hydrogens (tertiary/aromatic N) is 2. The van der Waals surface area contributed by atoms with E-state index >= 15 is 0 Å². The highest BCUT2D eigenvalue weighted by molar-refractivity contribution is 7.89. The van der Waals surface area contributed by atoms with E-state index in [4.69, 9.17) is 0 Å². The summed E-state index contributed by atoms with van der Waals surface area (Å²) < 4.78 is 28.6. The minimum atomic E-state index is -3.60. The van der Waals surface area contributed by atoms with Crippen LogP contribution in [0.5, 0.6) is 0 Å². The summed E-state index contributed by atoms with van der Waals surface area (Å²) in [4.78, 5) is 0.157. The van der Waals surface area contributed by atoms with E-state index in [9.17, 15) is 13.5 Å². The van der Waals surface area contributed by atoms with Crippen molar-refractivity contribution in [3.05, 3.63) is 35.4 Å². The van der Waals surface area contributed by atoms with Crippen molar-refractivity contribution in [3.63, 3.8) is 0 Å².